The summed E-state index contributed by atoms with van der Waals surface area (Å²) in [7, 11) is 0. The monoisotopic (exact) mass is 704 g/mol. The van der Waals surface area contributed by atoms with Gasteiger partial charge in [0, 0.05) is 48.0 Å². The third kappa shape index (κ3) is 8.04. The second-order valence-corrected chi connectivity index (χ2v) is 14.4. The molecule has 1 saturated heterocycles. The number of anilines is 1. The Balaban J connectivity index is 1.66. The van der Waals surface area contributed by atoms with E-state index in [9.17, 15) is 9.90 Å². The molecule has 2 aromatic carbocycles. The first kappa shape index (κ1) is 37.0. The number of aromatic nitrogens is 3. The Labute approximate surface area is 298 Å². The van der Waals surface area contributed by atoms with Crippen molar-refractivity contribution in [2.75, 3.05) is 24.6 Å². The second-order valence-electron chi connectivity index (χ2n) is 14.0. The van der Waals surface area contributed by atoms with E-state index in [0.29, 0.717) is 89.3 Å². The van der Waals surface area contributed by atoms with Gasteiger partial charge in [0.05, 0.1) is 40.2 Å². The van der Waals surface area contributed by atoms with Crippen molar-refractivity contribution in [3.63, 3.8) is 0 Å². The molecule has 5 rings (SSSR count). The molecule has 1 aliphatic rings. The number of carbonyl (C=O) groups is 1. The van der Waals surface area contributed by atoms with Crippen LogP contribution in [0, 0.1) is 12.7 Å². The van der Waals surface area contributed by atoms with E-state index in [1.807, 2.05) is 33.8 Å². The van der Waals surface area contributed by atoms with Crippen molar-refractivity contribution in [3.05, 3.63) is 89.9 Å². The number of rotatable bonds is 13. The highest BCUT2D eigenvalue weighted by Crippen LogP contribution is 2.42. The number of carboxylic acids is 1. The van der Waals surface area contributed by atoms with Gasteiger partial charge in [-0.3, -0.25) is 0 Å². The SMILES string of the molecule is C=CCOC1(C)CCN(c2c(C(OC(C)(C)C)C(=O)O)c(C)nc3cc(-c4ccc(F)c(-c5c(Cl)cccc5OC(C)CC=C)c4)nn23)CC1. The van der Waals surface area contributed by atoms with Crippen LogP contribution in [0.25, 0.3) is 28.0 Å². The van der Waals surface area contributed by atoms with Gasteiger partial charge in [-0.15, -0.1) is 13.2 Å². The zero-order chi connectivity index (χ0) is 36.4. The minimum Gasteiger partial charge on any atom is -0.490 e. The number of hydrogen-bond donors (Lipinski definition) is 1. The average Bonchev–Trinajstić information content (AvgIpc) is 3.46. The molecule has 0 aliphatic carbocycles. The van der Waals surface area contributed by atoms with E-state index < -0.39 is 23.5 Å². The molecule has 266 valence electrons. The van der Waals surface area contributed by atoms with Gasteiger partial charge in [-0.05, 0) is 84.7 Å². The molecule has 3 heterocycles. The van der Waals surface area contributed by atoms with Gasteiger partial charge in [-0.2, -0.15) is 9.61 Å². The Kier molecular flexibility index (Phi) is 11.1. The van der Waals surface area contributed by atoms with E-state index in [4.69, 9.17) is 35.9 Å². The summed E-state index contributed by atoms with van der Waals surface area (Å²) in [5.74, 6) is -0.559. The standard InChI is InChI=1S/C39H46ClFN4O5/c1-9-12-24(3)49-31-14-11-13-28(40)34(31)27-22-26(15-16-29(27)41)30-23-32-42-25(4)33(35(37(46)47)50-38(5,6)7)36(45(32)43-30)44-19-17-39(8,18-20-44)48-21-10-2/h9-11,13-16,22-24,35H,1-2,12,17-21H2,3-8H3,(H,46,47). The van der Waals surface area contributed by atoms with Crippen LogP contribution in [0.5, 0.6) is 5.75 Å². The zero-order valence-corrected chi connectivity index (χ0v) is 30.4. The van der Waals surface area contributed by atoms with Crippen LogP contribution in [-0.2, 0) is 14.3 Å². The van der Waals surface area contributed by atoms with Crippen LogP contribution in [0.2, 0.25) is 5.02 Å². The summed E-state index contributed by atoms with van der Waals surface area (Å²) < 4.78 is 35.7. The predicted octanol–water partition coefficient (Wildman–Crippen LogP) is 9.01. The molecule has 9 nitrogen and oxygen atoms in total. The molecule has 0 amide bonds. The van der Waals surface area contributed by atoms with Crippen molar-refractivity contribution >= 4 is 29.0 Å². The van der Waals surface area contributed by atoms with Gasteiger partial charge in [0.25, 0.3) is 0 Å². The minimum absolute atomic E-state index is 0.200. The number of carboxylic acid groups (broad SMARTS) is 1. The predicted molar refractivity (Wildman–Crippen MR) is 196 cm³/mol. The fraction of sp³-hybridized carbons (Fsp3) is 0.410. The van der Waals surface area contributed by atoms with Crippen LogP contribution in [0.3, 0.4) is 0 Å². The van der Waals surface area contributed by atoms with Crippen LogP contribution in [0.15, 0.2) is 67.8 Å². The highest BCUT2D eigenvalue weighted by molar-refractivity contribution is 6.33. The van der Waals surface area contributed by atoms with Gasteiger partial charge in [0.15, 0.2) is 11.8 Å². The highest BCUT2D eigenvalue weighted by Gasteiger charge is 2.38. The Morgan fingerprint density at radius 1 is 1.16 bits per heavy atom. The molecule has 2 unspecified atom stereocenters. The molecule has 50 heavy (non-hydrogen) atoms. The summed E-state index contributed by atoms with van der Waals surface area (Å²) in [6.07, 6.45) is 4.00. The van der Waals surface area contributed by atoms with Crippen molar-refractivity contribution in [1.82, 2.24) is 14.6 Å². The normalized spacial score (nSPS) is 15.9. The Morgan fingerprint density at radius 2 is 1.88 bits per heavy atom. The molecule has 11 heteroatoms. The summed E-state index contributed by atoms with van der Waals surface area (Å²) in [6.45, 7) is 20.4. The van der Waals surface area contributed by atoms with Gasteiger partial charge in [0.1, 0.15) is 17.4 Å². The number of ether oxygens (including phenoxy) is 3. The molecule has 0 bridgehead atoms. The maximum Gasteiger partial charge on any atom is 0.337 e. The van der Waals surface area contributed by atoms with Gasteiger partial charge >= 0.3 is 5.97 Å². The van der Waals surface area contributed by atoms with Crippen molar-refractivity contribution in [1.29, 1.82) is 0 Å². The van der Waals surface area contributed by atoms with Crippen LogP contribution in [-0.4, -0.2) is 62.7 Å². The summed E-state index contributed by atoms with van der Waals surface area (Å²) in [4.78, 5) is 19.8. The van der Waals surface area contributed by atoms with E-state index in [-0.39, 0.29) is 17.3 Å². The van der Waals surface area contributed by atoms with Gasteiger partial charge < -0.3 is 24.2 Å². The maximum absolute atomic E-state index is 15.6. The summed E-state index contributed by atoms with van der Waals surface area (Å²) >= 11 is 6.67. The lowest BCUT2D eigenvalue weighted by Crippen LogP contribution is -2.45. The van der Waals surface area contributed by atoms with E-state index in [1.54, 1.807) is 53.9 Å². The largest absolute Gasteiger partial charge is 0.490 e. The van der Waals surface area contributed by atoms with E-state index >= 15 is 4.39 Å². The van der Waals surface area contributed by atoms with Gasteiger partial charge in [0.2, 0.25) is 0 Å². The number of fused-ring (bicyclic) bond motifs is 1. The second kappa shape index (κ2) is 14.9. The van der Waals surface area contributed by atoms with Crippen LogP contribution in [0.4, 0.5) is 10.2 Å². The van der Waals surface area contributed by atoms with Crippen molar-refractivity contribution < 1.29 is 28.5 Å². The minimum atomic E-state index is -1.31. The number of hydrogen-bond acceptors (Lipinski definition) is 7. The van der Waals surface area contributed by atoms with Crippen LogP contribution < -0.4 is 9.64 Å². The fourth-order valence-electron chi connectivity index (χ4n) is 6.29. The molecule has 1 fully saturated rings. The molecule has 0 radical (unpaired) electrons. The Morgan fingerprint density at radius 3 is 2.52 bits per heavy atom. The smallest absolute Gasteiger partial charge is 0.337 e. The molecular weight excluding hydrogens is 659 g/mol. The Bertz CT molecular complexity index is 1890. The lowest BCUT2D eigenvalue weighted by molar-refractivity contribution is -0.160. The third-order valence-electron chi connectivity index (χ3n) is 8.77. The first-order valence-corrected chi connectivity index (χ1v) is 17.2. The first-order chi connectivity index (χ1) is 23.6. The lowest BCUT2D eigenvalue weighted by atomic mass is 9.92. The molecule has 0 saturated carbocycles. The van der Waals surface area contributed by atoms with Crippen LogP contribution >= 0.6 is 11.6 Å². The van der Waals surface area contributed by atoms with Crippen molar-refractivity contribution in [2.45, 2.75) is 84.2 Å². The summed E-state index contributed by atoms with van der Waals surface area (Å²) in [6, 6.07) is 11.8. The number of benzene rings is 2. The molecule has 1 aliphatic heterocycles. The third-order valence-corrected chi connectivity index (χ3v) is 9.08. The number of halogens is 2. The Hall–Kier alpha value is -4.25. The number of aryl methyl sites for hydroxylation is 1. The molecule has 0 spiro atoms. The van der Waals surface area contributed by atoms with Crippen molar-refractivity contribution in [2.24, 2.45) is 0 Å². The highest BCUT2D eigenvalue weighted by atomic mass is 35.5. The van der Waals surface area contributed by atoms with Gasteiger partial charge in [-0.1, -0.05) is 29.8 Å². The number of piperidine rings is 1. The van der Waals surface area contributed by atoms with Crippen molar-refractivity contribution in [3.8, 4) is 28.1 Å². The van der Waals surface area contributed by atoms with E-state index in [1.165, 1.54) is 6.07 Å². The van der Waals surface area contributed by atoms with E-state index in [2.05, 4.69) is 25.0 Å². The maximum atomic E-state index is 15.6. The molecule has 4 aromatic rings. The first-order valence-electron chi connectivity index (χ1n) is 16.8. The topological polar surface area (TPSA) is 98.4 Å². The van der Waals surface area contributed by atoms with Crippen LogP contribution in [0.1, 0.15) is 71.2 Å². The van der Waals surface area contributed by atoms with E-state index in [0.717, 1.165) is 0 Å². The average molecular weight is 705 g/mol. The fourth-order valence-corrected chi connectivity index (χ4v) is 6.56. The van der Waals surface area contributed by atoms with Gasteiger partial charge in [-0.25, -0.2) is 14.2 Å². The quantitative estimate of drug-likeness (QED) is 0.138. The summed E-state index contributed by atoms with van der Waals surface area (Å²) in [5.41, 5.74) is 2.17. The molecule has 1 N–H and O–H groups in total. The number of nitrogens with zero attached hydrogens (tertiary/aromatic N) is 4. The molecule has 2 atom stereocenters. The number of aliphatic carboxylic acids is 1. The lowest BCUT2D eigenvalue weighted by Gasteiger charge is -2.41. The zero-order valence-electron chi connectivity index (χ0n) is 29.6. The molecule has 2 aromatic heterocycles. The molecular formula is C39H46ClFN4O5. The summed E-state index contributed by atoms with van der Waals surface area (Å²) in [5, 5.41) is 15.8.